The molecule has 9 heteroatoms. The van der Waals surface area contributed by atoms with Crippen LogP contribution in [0.5, 0.6) is 0 Å². The van der Waals surface area contributed by atoms with E-state index in [1.165, 1.54) is 0 Å². The summed E-state index contributed by atoms with van der Waals surface area (Å²) in [6.07, 6.45) is 1.72. The van der Waals surface area contributed by atoms with Crippen molar-refractivity contribution < 1.29 is 13.6 Å². The van der Waals surface area contributed by atoms with E-state index in [0.29, 0.717) is 12.2 Å². The largest absolute Gasteiger partial charge is 0.348 e. The predicted octanol–water partition coefficient (Wildman–Crippen LogP) is 1.54. The number of aromatic nitrogens is 2. The molecule has 1 atom stereocenters. The second-order valence-corrected chi connectivity index (χ2v) is 7.92. The van der Waals surface area contributed by atoms with Gasteiger partial charge < -0.3 is 10.2 Å². The highest BCUT2D eigenvalue weighted by Gasteiger charge is 2.24. The van der Waals surface area contributed by atoms with E-state index in [0.717, 1.165) is 43.4 Å². The summed E-state index contributed by atoms with van der Waals surface area (Å²) in [5.74, 6) is -0.124. The van der Waals surface area contributed by atoms with Crippen molar-refractivity contribution in [3.05, 3.63) is 30.0 Å². The zero-order valence-electron chi connectivity index (χ0n) is 15.7. The van der Waals surface area contributed by atoms with Gasteiger partial charge in [0.05, 0.1) is 5.52 Å². The second kappa shape index (κ2) is 8.92. The molecular weight excluding hydrogens is 366 g/mol. The molecule has 27 heavy (non-hydrogen) atoms. The lowest BCUT2D eigenvalue weighted by Gasteiger charge is -2.32. The highest BCUT2D eigenvalue weighted by atomic mass is 32.2. The lowest BCUT2D eigenvalue weighted by Crippen LogP contribution is -2.46. The standard InChI is InChI=1S/C18H27N5O3S/c1-13(2)23-16-6-4-3-5-15(16)17(21-23)18(24)20-14-7-10-22(11-8-14)12-9-19-27(25)26/h3-6,13-14,19H,7-12H2,1-2H3,(H,20,24)(H,25,26). The van der Waals surface area contributed by atoms with Gasteiger partial charge in [0.2, 0.25) is 11.3 Å². The van der Waals surface area contributed by atoms with E-state index in [2.05, 4.69) is 33.9 Å². The fourth-order valence-electron chi connectivity index (χ4n) is 3.50. The zero-order valence-corrected chi connectivity index (χ0v) is 16.5. The molecule has 148 valence electrons. The van der Waals surface area contributed by atoms with E-state index in [9.17, 15) is 9.00 Å². The van der Waals surface area contributed by atoms with Crippen LogP contribution < -0.4 is 10.0 Å². The Hall–Kier alpha value is -1.81. The molecule has 1 aromatic heterocycles. The summed E-state index contributed by atoms with van der Waals surface area (Å²) >= 11 is -1.96. The number of piperidine rings is 1. The third-order valence-electron chi connectivity index (χ3n) is 4.89. The third kappa shape index (κ3) is 4.92. The summed E-state index contributed by atoms with van der Waals surface area (Å²) in [5, 5.41) is 8.57. The average Bonchev–Trinajstić information content (AvgIpc) is 3.03. The van der Waals surface area contributed by atoms with Crippen molar-refractivity contribution in [1.29, 1.82) is 0 Å². The number of hydrogen-bond acceptors (Lipinski definition) is 4. The molecule has 2 aromatic rings. The van der Waals surface area contributed by atoms with Gasteiger partial charge >= 0.3 is 0 Å². The van der Waals surface area contributed by atoms with Gasteiger partial charge in [0, 0.05) is 43.6 Å². The first-order valence-electron chi connectivity index (χ1n) is 9.30. The van der Waals surface area contributed by atoms with Crippen LogP contribution in [0.2, 0.25) is 0 Å². The summed E-state index contributed by atoms with van der Waals surface area (Å²) in [7, 11) is 0. The van der Waals surface area contributed by atoms with Crippen LogP contribution in [0.4, 0.5) is 0 Å². The van der Waals surface area contributed by atoms with Gasteiger partial charge in [0.1, 0.15) is 0 Å². The van der Waals surface area contributed by atoms with E-state index in [1.807, 2.05) is 28.9 Å². The molecule has 2 heterocycles. The number of benzene rings is 1. The highest BCUT2D eigenvalue weighted by Crippen LogP contribution is 2.22. The van der Waals surface area contributed by atoms with Crippen molar-refractivity contribution in [2.24, 2.45) is 0 Å². The van der Waals surface area contributed by atoms with Crippen LogP contribution >= 0.6 is 0 Å². The molecular formula is C18H27N5O3S. The molecule has 3 rings (SSSR count). The van der Waals surface area contributed by atoms with Crippen LogP contribution in [-0.2, 0) is 11.3 Å². The van der Waals surface area contributed by atoms with Gasteiger partial charge in [0.25, 0.3) is 5.91 Å². The number of hydrogen-bond donors (Lipinski definition) is 3. The summed E-state index contributed by atoms with van der Waals surface area (Å²) < 4.78 is 23.7. The molecule has 0 bridgehead atoms. The van der Waals surface area contributed by atoms with E-state index in [-0.39, 0.29) is 18.0 Å². The summed E-state index contributed by atoms with van der Waals surface area (Å²) in [6, 6.07) is 8.12. The first-order chi connectivity index (χ1) is 13.0. The van der Waals surface area contributed by atoms with Gasteiger partial charge in [-0.2, -0.15) is 5.10 Å². The minimum atomic E-state index is -1.96. The summed E-state index contributed by atoms with van der Waals surface area (Å²) in [6.45, 7) is 7.00. The lowest BCUT2D eigenvalue weighted by atomic mass is 10.0. The minimum Gasteiger partial charge on any atom is -0.348 e. The van der Waals surface area contributed by atoms with Crippen molar-refractivity contribution >= 4 is 28.1 Å². The minimum absolute atomic E-state index is 0.122. The Morgan fingerprint density at radius 2 is 2.04 bits per heavy atom. The number of carbonyl (C=O) groups excluding carboxylic acids is 1. The van der Waals surface area contributed by atoms with E-state index in [4.69, 9.17) is 4.55 Å². The molecule has 1 aliphatic heterocycles. The Balaban J connectivity index is 1.59. The van der Waals surface area contributed by atoms with E-state index in [1.54, 1.807) is 0 Å². The Labute approximate surface area is 161 Å². The third-order valence-corrected chi connectivity index (χ3v) is 5.35. The van der Waals surface area contributed by atoms with Crippen molar-refractivity contribution in [3.8, 4) is 0 Å². The molecule has 0 spiro atoms. The van der Waals surface area contributed by atoms with Crippen LogP contribution in [0.15, 0.2) is 24.3 Å². The molecule has 0 aliphatic carbocycles. The summed E-state index contributed by atoms with van der Waals surface area (Å²) in [4.78, 5) is 15.0. The molecule has 3 N–H and O–H groups in total. The Morgan fingerprint density at radius 3 is 2.70 bits per heavy atom. The van der Waals surface area contributed by atoms with Crippen molar-refractivity contribution in [2.75, 3.05) is 26.2 Å². The quantitative estimate of drug-likeness (QED) is 0.620. The van der Waals surface area contributed by atoms with E-state index < -0.39 is 11.3 Å². The molecule has 1 fully saturated rings. The van der Waals surface area contributed by atoms with Gasteiger partial charge in [-0.25, -0.2) is 8.93 Å². The van der Waals surface area contributed by atoms with Crippen molar-refractivity contribution in [1.82, 2.24) is 24.7 Å². The van der Waals surface area contributed by atoms with Gasteiger partial charge in [-0.15, -0.1) is 0 Å². The number of nitrogens with one attached hydrogen (secondary N) is 2. The number of para-hydroxylation sites is 1. The van der Waals surface area contributed by atoms with Gasteiger partial charge in [-0.05, 0) is 32.8 Å². The Bertz CT molecular complexity index is 814. The maximum atomic E-state index is 12.8. The molecule has 0 saturated carbocycles. The van der Waals surface area contributed by atoms with Gasteiger partial charge in [-0.3, -0.25) is 14.0 Å². The van der Waals surface area contributed by atoms with Crippen molar-refractivity contribution in [2.45, 2.75) is 38.8 Å². The highest BCUT2D eigenvalue weighted by molar-refractivity contribution is 7.77. The number of fused-ring (bicyclic) bond motifs is 1. The molecule has 1 unspecified atom stereocenters. The number of rotatable bonds is 7. The molecule has 1 amide bonds. The molecule has 1 saturated heterocycles. The topological polar surface area (TPSA) is 99.5 Å². The fourth-order valence-corrected chi connectivity index (χ4v) is 3.76. The number of amides is 1. The Morgan fingerprint density at radius 1 is 1.33 bits per heavy atom. The Kier molecular flexibility index (Phi) is 6.59. The average molecular weight is 394 g/mol. The molecule has 0 radical (unpaired) electrons. The van der Waals surface area contributed by atoms with Crippen LogP contribution in [0.3, 0.4) is 0 Å². The predicted molar refractivity (Wildman–Crippen MR) is 106 cm³/mol. The van der Waals surface area contributed by atoms with Crippen molar-refractivity contribution in [3.63, 3.8) is 0 Å². The second-order valence-electron chi connectivity index (χ2n) is 7.14. The van der Waals surface area contributed by atoms with Crippen LogP contribution in [0, 0.1) is 0 Å². The SMILES string of the molecule is CC(C)n1nc(C(=O)NC2CCN(CCNS(=O)O)CC2)c2ccccc21. The van der Waals surface area contributed by atoms with Gasteiger partial charge in [-0.1, -0.05) is 18.2 Å². The lowest BCUT2D eigenvalue weighted by molar-refractivity contribution is 0.0907. The van der Waals surface area contributed by atoms with Crippen LogP contribution in [0.25, 0.3) is 10.9 Å². The first kappa shape index (κ1) is 19.9. The maximum Gasteiger partial charge on any atom is 0.272 e. The van der Waals surface area contributed by atoms with Gasteiger partial charge in [0.15, 0.2) is 5.69 Å². The zero-order chi connectivity index (χ0) is 19.4. The molecule has 1 aliphatic rings. The first-order valence-corrected chi connectivity index (χ1v) is 10.4. The number of carbonyl (C=O) groups is 1. The number of nitrogens with zero attached hydrogens (tertiary/aromatic N) is 3. The van der Waals surface area contributed by atoms with E-state index >= 15 is 0 Å². The normalized spacial score (nSPS) is 17.5. The monoisotopic (exact) mass is 393 g/mol. The molecule has 8 nitrogen and oxygen atoms in total. The fraction of sp³-hybridized carbons (Fsp3) is 0.556. The number of likely N-dealkylation sites (tertiary alicyclic amines) is 1. The smallest absolute Gasteiger partial charge is 0.272 e. The molecule has 1 aromatic carbocycles. The maximum absolute atomic E-state index is 12.8. The van der Waals surface area contributed by atoms with Crippen LogP contribution in [0.1, 0.15) is 43.2 Å². The summed E-state index contributed by atoms with van der Waals surface area (Å²) in [5.41, 5.74) is 1.46. The van der Waals surface area contributed by atoms with Crippen LogP contribution in [-0.4, -0.2) is 61.6 Å².